The number of anilines is 3. The third kappa shape index (κ3) is 4.63. The van der Waals surface area contributed by atoms with Crippen LogP contribution in [0.2, 0.25) is 0 Å². The zero-order chi connectivity index (χ0) is 37.3. The van der Waals surface area contributed by atoms with Gasteiger partial charge in [-0.3, -0.25) is 0 Å². The second-order valence-corrected chi connectivity index (χ2v) is 13.9. The first-order chi connectivity index (χ1) is 24.8. The summed E-state index contributed by atoms with van der Waals surface area (Å²) < 4.78 is 2.03. The topological polar surface area (TPSA) is 102 Å². The Labute approximate surface area is 303 Å². The number of benzene rings is 5. The smallest absolute Gasteiger partial charge is 0.270 e. The SMILES string of the molecule is [C-]#[N+]/C(C#N)=C1C(c2c3ccccc3c(N(C)C)c3cccc(O)c23)=C(O)C/1=C1\c2cccc(N(C)C)c2C(=[N+](C)C)c2c(N(C)C)ccc(O)c21. The summed E-state index contributed by atoms with van der Waals surface area (Å²) in [6.07, 6.45) is 0. The van der Waals surface area contributed by atoms with Crippen molar-refractivity contribution in [2.75, 3.05) is 71.1 Å². The van der Waals surface area contributed by atoms with Crippen LogP contribution in [0.1, 0.15) is 27.8 Å². The summed E-state index contributed by atoms with van der Waals surface area (Å²) in [5, 5.41) is 49.4. The summed E-state index contributed by atoms with van der Waals surface area (Å²) in [5.74, 6) is -0.135. The molecular formula is C43H39N6O3+. The minimum atomic E-state index is -0.211. The third-order valence-electron chi connectivity index (χ3n) is 9.98. The highest BCUT2D eigenvalue weighted by Crippen LogP contribution is 2.58. The van der Waals surface area contributed by atoms with E-state index in [1.54, 1.807) is 18.2 Å². The van der Waals surface area contributed by atoms with Gasteiger partial charge in [0.05, 0.1) is 40.8 Å². The van der Waals surface area contributed by atoms with Crippen LogP contribution < -0.4 is 14.7 Å². The normalized spacial score (nSPS) is 15.8. The third-order valence-corrected chi connectivity index (χ3v) is 9.98. The van der Waals surface area contributed by atoms with Gasteiger partial charge in [-0.2, -0.15) is 0 Å². The number of fused-ring (bicyclic) bond motifs is 4. The summed E-state index contributed by atoms with van der Waals surface area (Å²) in [7, 11) is 15.6. The van der Waals surface area contributed by atoms with Crippen LogP contribution in [0.25, 0.3) is 37.5 Å². The van der Waals surface area contributed by atoms with Crippen molar-refractivity contribution in [2.45, 2.75) is 0 Å². The lowest BCUT2D eigenvalue weighted by Gasteiger charge is -2.36. The Morgan fingerprint density at radius 1 is 0.654 bits per heavy atom. The highest BCUT2D eigenvalue weighted by Gasteiger charge is 2.44. The van der Waals surface area contributed by atoms with Crippen LogP contribution in [-0.2, 0) is 0 Å². The minimum Gasteiger partial charge on any atom is -0.507 e. The van der Waals surface area contributed by atoms with Gasteiger partial charge in [-0.25, -0.2) is 14.7 Å². The van der Waals surface area contributed by atoms with Crippen molar-refractivity contribution >= 4 is 55.5 Å². The highest BCUT2D eigenvalue weighted by atomic mass is 16.3. The molecule has 0 fully saturated rings. The Bertz CT molecular complexity index is 2610. The van der Waals surface area contributed by atoms with Gasteiger partial charge in [0.15, 0.2) is 0 Å². The van der Waals surface area contributed by atoms with Crippen molar-refractivity contribution in [1.29, 1.82) is 5.26 Å². The first-order valence-corrected chi connectivity index (χ1v) is 16.8. The number of rotatable bonds is 4. The average molecular weight is 688 g/mol. The number of hydrogen-bond acceptors (Lipinski definition) is 7. The molecule has 0 saturated heterocycles. The quantitative estimate of drug-likeness (QED) is 0.0764. The van der Waals surface area contributed by atoms with Crippen LogP contribution in [0.4, 0.5) is 17.1 Å². The summed E-state index contributed by atoms with van der Waals surface area (Å²) in [5.41, 5.74) is 8.03. The van der Waals surface area contributed by atoms with E-state index in [1.807, 2.05) is 130 Å². The maximum atomic E-state index is 12.6. The van der Waals surface area contributed by atoms with Gasteiger partial charge in [-0.1, -0.05) is 48.5 Å². The summed E-state index contributed by atoms with van der Waals surface area (Å²) in [6.45, 7) is 8.20. The fourth-order valence-electron chi connectivity index (χ4n) is 8.00. The van der Waals surface area contributed by atoms with E-state index >= 15 is 0 Å². The lowest BCUT2D eigenvalue weighted by molar-refractivity contribution is -0.463. The fraction of sp³-hybridized carbons (Fsp3) is 0.186. The van der Waals surface area contributed by atoms with Crippen molar-refractivity contribution in [3.63, 3.8) is 0 Å². The molecule has 5 aromatic carbocycles. The molecule has 0 spiro atoms. The number of phenolic OH excluding ortho intramolecular Hbond substituents is 2. The molecule has 2 aliphatic carbocycles. The zero-order valence-electron chi connectivity index (χ0n) is 30.5. The highest BCUT2D eigenvalue weighted by molar-refractivity contribution is 6.28. The molecule has 0 bridgehead atoms. The van der Waals surface area contributed by atoms with E-state index in [0.29, 0.717) is 27.7 Å². The number of phenols is 2. The molecule has 0 radical (unpaired) electrons. The molecule has 9 nitrogen and oxygen atoms in total. The molecule has 2 aliphatic rings. The molecular weight excluding hydrogens is 649 g/mol. The molecule has 0 aliphatic heterocycles. The van der Waals surface area contributed by atoms with Crippen LogP contribution >= 0.6 is 0 Å². The van der Waals surface area contributed by atoms with Gasteiger partial charge in [-0.15, -0.1) is 0 Å². The minimum absolute atomic E-state index is 0.00541. The van der Waals surface area contributed by atoms with E-state index in [0.717, 1.165) is 55.6 Å². The molecule has 3 N–H and O–H groups in total. The number of nitriles is 1. The van der Waals surface area contributed by atoms with Gasteiger partial charge in [0.25, 0.3) is 5.70 Å². The standard InChI is InChI=1S/C43H38N6O3/c1-45-27(22-44)36-39(34-23-14-10-11-15-24(23)41(48(6)7)26-17-13-19-30(50)33(26)34)43(52)40(36)35-25-16-12-18-28(46(2)3)32(25)42(49(8)9)37-29(47(4)5)20-21-31(51)38(35)37/h10-21H,2-9H3,(H2-,50,51,52)/p+1/b36-27-. The summed E-state index contributed by atoms with van der Waals surface area (Å²) >= 11 is 0. The number of hydrogen-bond donors (Lipinski definition) is 3. The van der Waals surface area contributed by atoms with E-state index < -0.39 is 0 Å². The predicted molar refractivity (Wildman–Crippen MR) is 211 cm³/mol. The second-order valence-electron chi connectivity index (χ2n) is 13.9. The number of aliphatic hydroxyl groups excluding tert-OH is 1. The predicted octanol–water partition coefficient (Wildman–Crippen LogP) is 7.51. The number of allylic oxidation sites excluding steroid dienone is 3. The lowest BCUT2D eigenvalue weighted by atomic mass is 9.68. The van der Waals surface area contributed by atoms with Gasteiger partial charge >= 0.3 is 0 Å². The Morgan fingerprint density at radius 3 is 1.90 bits per heavy atom. The number of nitrogens with zero attached hydrogens (tertiary/aromatic N) is 6. The molecule has 0 atom stereocenters. The Kier molecular flexibility index (Phi) is 7.96. The Hall–Kier alpha value is -6.71. The van der Waals surface area contributed by atoms with Crippen LogP contribution in [0.5, 0.6) is 11.5 Å². The van der Waals surface area contributed by atoms with Crippen LogP contribution in [0.15, 0.2) is 95.4 Å². The summed E-state index contributed by atoms with van der Waals surface area (Å²) in [4.78, 5) is 9.71. The van der Waals surface area contributed by atoms with E-state index in [2.05, 4.69) is 10.9 Å². The molecule has 0 unspecified atom stereocenters. The maximum absolute atomic E-state index is 12.6. The average Bonchev–Trinajstić information content (AvgIpc) is 3.10. The molecule has 9 heteroatoms. The summed E-state index contributed by atoms with van der Waals surface area (Å²) in [6, 6.07) is 24.6. The molecule has 0 aromatic heterocycles. The maximum Gasteiger partial charge on any atom is 0.270 e. The molecule has 5 aromatic rings. The van der Waals surface area contributed by atoms with Gasteiger partial charge in [0, 0.05) is 91.9 Å². The molecule has 0 amide bonds. The second kappa shape index (κ2) is 12.3. The molecule has 0 heterocycles. The number of aliphatic hydroxyl groups is 1. The molecule has 258 valence electrons. The van der Waals surface area contributed by atoms with Crippen molar-refractivity contribution in [3.05, 3.63) is 135 Å². The first-order valence-electron chi connectivity index (χ1n) is 16.8. The molecule has 7 rings (SSSR count). The first kappa shape index (κ1) is 33.8. The monoisotopic (exact) mass is 687 g/mol. The van der Waals surface area contributed by atoms with Gasteiger partial charge < -0.3 is 30.0 Å². The van der Waals surface area contributed by atoms with E-state index in [1.165, 1.54) is 0 Å². The molecule has 0 saturated carbocycles. The van der Waals surface area contributed by atoms with E-state index in [9.17, 15) is 20.6 Å². The molecule has 52 heavy (non-hydrogen) atoms. The van der Waals surface area contributed by atoms with Crippen molar-refractivity contribution < 1.29 is 19.9 Å². The Morgan fingerprint density at radius 2 is 1.29 bits per heavy atom. The van der Waals surface area contributed by atoms with Gasteiger partial charge in [0.1, 0.15) is 31.4 Å². The van der Waals surface area contributed by atoms with E-state index in [4.69, 9.17) is 6.57 Å². The lowest BCUT2D eigenvalue weighted by Crippen LogP contribution is -2.30. The van der Waals surface area contributed by atoms with Crippen molar-refractivity contribution in [2.24, 2.45) is 0 Å². The fourth-order valence-corrected chi connectivity index (χ4v) is 8.00. The van der Waals surface area contributed by atoms with E-state index in [-0.39, 0.29) is 34.1 Å². The Balaban J connectivity index is 1.76. The van der Waals surface area contributed by atoms with Gasteiger partial charge in [0.2, 0.25) is 5.71 Å². The van der Waals surface area contributed by atoms with Gasteiger partial charge in [-0.05, 0) is 35.2 Å². The van der Waals surface area contributed by atoms with Crippen LogP contribution in [-0.4, -0.2) is 82.0 Å². The van der Waals surface area contributed by atoms with Crippen molar-refractivity contribution in [1.82, 2.24) is 0 Å². The van der Waals surface area contributed by atoms with Crippen molar-refractivity contribution in [3.8, 4) is 17.6 Å². The zero-order valence-corrected chi connectivity index (χ0v) is 30.5. The largest absolute Gasteiger partial charge is 0.507 e. The van der Waals surface area contributed by atoms with Crippen LogP contribution in [0, 0.1) is 17.9 Å². The van der Waals surface area contributed by atoms with Crippen LogP contribution in [0.3, 0.4) is 0 Å². The number of aromatic hydroxyl groups is 2.